The Bertz CT molecular complexity index is 1700. The minimum Gasteiger partial charge on any atom is -0.497 e. The van der Waals surface area contributed by atoms with Gasteiger partial charge in [-0.2, -0.15) is 15.0 Å². The van der Waals surface area contributed by atoms with E-state index in [1.807, 2.05) is 17.5 Å². The lowest BCUT2D eigenvalue weighted by molar-refractivity contribution is -0.114. The highest BCUT2D eigenvalue weighted by Crippen LogP contribution is 2.28. The van der Waals surface area contributed by atoms with E-state index in [0.29, 0.717) is 33.0 Å². The van der Waals surface area contributed by atoms with Crippen molar-refractivity contribution in [1.29, 1.82) is 0 Å². The van der Waals surface area contributed by atoms with Gasteiger partial charge < -0.3 is 20.7 Å². The molecule has 0 bridgehead atoms. The van der Waals surface area contributed by atoms with Crippen LogP contribution < -0.4 is 31.3 Å². The van der Waals surface area contributed by atoms with Gasteiger partial charge in [0.15, 0.2) is 5.13 Å². The number of thiazole rings is 1. The van der Waals surface area contributed by atoms with Gasteiger partial charge in [0, 0.05) is 40.0 Å². The number of hydrogen-bond donors (Lipinski definition) is 5. The van der Waals surface area contributed by atoms with Crippen molar-refractivity contribution < 1.29 is 14.3 Å². The van der Waals surface area contributed by atoms with Crippen LogP contribution in [0.5, 0.6) is 5.75 Å². The molecule has 0 aliphatic heterocycles. The molecule has 0 aliphatic rings. The maximum atomic E-state index is 12.7. The van der Waals surface area contributed by atoms with E-state index in [0.717, 1.165) is 11.3 Å². The van der Waals surface area contributed by atoms with E-state index in [2.05, 4.69) is 46.5 Å². The zero-order chi connectivity index (χ0) is 29.5. The summed E-state index contributed by atoms with van der Waals surface area (Å²) >= 11 is 7.28. The van der Waals surface area contributed by atoms with Crippen LogP contribution in [0, 0.1) is 0 Å². The summed E-state index contributed by atoms with van der Waals surface area (Å²) in [4.78, 5) is 41.7. The van der Waals surface area contributed by atoms with Crippen molar-refractivity contribution in [2.45, 2.75) is 6.92 Å². The Morgan fingerprint density at radius 1 is 0.714 bits per heavy atom. The van der Waals surface area contributed by atoms with Gasteiger partial charge in [-0.3, -0.25) is 15.4 Å². The Morgan fingerprint density at radius 2 is 1.31 bits per heavy atom. The minimum absolute atomic E-state index is 0.000292. The van der Waals surface area contributed by atoms with Gasteiger partial charge >= 0.3 is 6.03 Å². The summed E-state index contributed by atoms with van der Waals surface area (Å²) < 4.78 is 5.21. The zero-order valence-electron chi connectivity index (χ0n) is 22.3. The van der Waals surface area contributed by atoms with E-state index in [-0.39, 0.29) is 23.8 Å². The molecule has 0 unspecified atom stereocenters. The summed E-state index contributed by atoms with van der Waals surface area (Å²) in [6.45, 7) is 1.46. The highest BCUT2D eigenvalue weighted by molar-refractivity contribution is 7.14. The maximum absolute atomic E-state index is 12.7. The largest absolute Gasteiger partial charge is 0.497 e. The summed E-state index contributed by atoms with van der Waals surface area (Å²) in [6, 6.07) is 20.7. The van der Waals surface area contributed by atoms with Gasteiger partial charge in [-0.05, 0) is 60.7 Å². The fraction of sp³-hybridized carbons (Fsp3) is 0.0714. The minimum atomic E-state index is -0.552. The molecule has 212 valence electrons. The third-order valence-electron chi connectivity index (χ3n) is 5.53. The Labute approximate surface area is 249 Å². The Kier molecular flexibility index (Phi) is 8.70. The molecule has 12 nitrogen and oxygen atoms in total. The molecule has 3 amide bonds. The van der Waals surface area contributed by atoms with E-state index in [9.17, 15) is 9.59 Å². The lowest BCUT2D eigenvalue weighted by Gasteiger charge is -2.11. The average molecular weight is 602 g/mol. The van der Waals surface area contributed by atoms with Gasteiger partial charge in [0.2, 0.25) is 23.8 Å². The Hall–Kier alpha value is -5.27. The number of benzene rings is 3. The number of aromatic nitrogens is 4. The van der Waals surface area contributed by atoms with Crippen LogP contribution >= 0.6 is 22.9 Å². The number of amides is 3. The van der Waals surface area contributed by atoms with Gasteiger partial charge in [-0.1, -0.05) is 23.7 Å². The number of hydrogen-bond acceptors (Lipinski definition) is 10. The van der Waals surface area contributed by atoms with E-state index in [1.54, 1.807) is 67.8 Å². The summed E-state index contributed by atoms with van der Waals surface area (Å²) in [5, 5.41) is 17.2. The Morgan fingerprint density at radius 3 is 1.98 bits per heavy atom. The van der Waals surface area contributed by atoms with Crippen LogP contribution in [0.3, 0.4) is 0 Å². The molecule has 5 rings (SSSR count). The molecule has 5 aromatic rings. The highest BCUT2D eigenvalue weighted by atomic mass is 35.5. The summed E-state index contributed by atoms with van der Waals surface area (Å²) in [6.07, 6.45) is 0. The number of ether oxygens (including phenoxy) is 1. The number of halogens is 1. The van der Waals surface area contributed by atoms with Crippen molar-refractivity contribution in [3.8, 4) is 17.0 Å². The second-order valence-electron chi connectivity index (χ2n) is 8.67. The molecular formula is C28H24ClN9O3S. The molecule has 0 saturated heterocycles. The molecule has 0 radical (unpaired) electrons. The standard InChI is InChI=1S/C28H24ClN9O3S/c1-16(39)30-19-7-3-17(4-8-19)23-15-42-28(33-23)38-26-35-24(31-20-11-13-22(41-2)14-12-20)34-25(36-26)37-27(40)32-21-9-5-18(29)6-10-21/h3-15H,1-2H3,(H,30,39)(H4,31,32,33,34,35,36,37,38,40). The lowest BCUT2D eigenvalue weighted by atomic mass is 10.1. The fourth-order valence-corrected chi connectivity index (χ4v) is 4.47. The van der Waals surface area contributed by atoms with Crippen LogP contribution in [-0.4, -0.2) is 39.0 Å². The molecule has 0 aliphatic carbocycles. The van der Waals surface area contributed by atoms with E-state index in [1.165, 1.54) is 18.3 Å². The maximum Gasteiger partial charge on any atom is 0.326 e. The smallest absolute Gasteiger partial charge is 0.326 e. The van der Waals surface area contributed by atoms with Crippen LogP contribution in [0.2, 0.25) is 5.02 Å². The lowest BCUT2D eigenvalue weighted by Crippen LogP contribution is -2.21. The van der Waals surface area contributed by atoms with E-state index in [4.69, 9.17) is 16.3 Å². The van der Waals surface area contributed by atoms with Crippen LogP contribution in [0.25, 0.3) is 11.3 Å². The molecule has 2 heterocycles. The predicted molar refractivity (Wildman–Crippen MR) is 165 cm³/mol. The van der Waals surface area contributed by atoms with Gasteiger partial charge in [-0.15, -0.1) is 11.3 Å². The van der Waals surface area contributed by atoms with Crippen molar-refractivity contribution in [2.75, 3.05) is 33.7 Å². The number of nitrogens with one attached hydrogen (secondary N) is 5. The number of nitrogens with zero attached hydrogens (tertiary/aromatic N) is 4. The first-order valence-electron chi connectivity index (χ1n) is 12.4. The van der Waals surface area contributed by atoms with E-state index >= 15 is 0 Å². The molecule has 2 aromatic heterocycles. The van der Waals surface area contributed by atoms with Crippen molar-refractivity contribution in [1.82, 2.24) is 19.9 Å². The molecule has 14 heteroatoms. The zero-order valence-corrected chi connectivity index (χ0v) is 23.9. The van der Waals surface area contributed by atoms with Crippen LogP contribution in [-0.2, 0) is 4.79 Å². The third kappa shape index (κ3) is 7.68. The molecule has 0 spiro atoms. The molecule has 3 aromatic carbocycles. The first kappa shape index (κ1) is 28.3. The molecule has 0 saturated carbocycles. The molecule has 0 fully saturated rings. The number of urea groups is 1. The van der Waals surface area contributed by atoms with Crippen molar-refractivity contribution in [2.24, 2.45) is 0 Å². The molecule has 42 heavy (non-hydrogen) atoms. The first-order valence-corrected chi connectivity index (χ1v) is 13.7. The number of carbonyl (C=O) groups is 2. The number of carbonyl (C=O) groups excluding carboxylic acids is 2. The van der Waals surface area contributed by atoms with Gasteiger partial charge in [0.05, 0.1) is 12.8 Å². The average Bonchev–Trinajstić information content (AvgIpc) is 3.43. The van der Waals surface area contributed by atoms with Crippen molar-refractivity contribution >= 4 is 74.9 Å². The number of anilines is 7. The SMILES string of the molecule is COc1ccc(Nc2nc(NC(=O)Nc3ccc(Cl)cc3)nc(Nc3nc(-c4ccc(NC(C)=O)cc4)cs3)n2)cc1. The quantitative estimate of drug-likeness (QED) is 0.123. The highest BCUT2D eigenvalue weighted by Gasteiger charge is 2.13. The van der Waals surface area contributed by atoms with Crippen molar-refractivity contribution in [3.63, 3.8) is 0 Å². The third-order valence-corrected chi connectivity index (χ3v) is 6.54. The monoisotopic (exact) mass is 601 g/mol. The molecule has 5 N–H and O–H groups in total. The van der Waals surface area contributed by atoms with E-state index < -0.39 is 6.03 Å². The van der Waals surface area contributed by atoms with Crippen LogP contribution in [0.1, 0.15) is 6.92 Å². The second-order valence-corrected chi connectivity index (χ2v) is 9.96. The van der Waals surface area contributed by atoms with Gasteiger partial charge in [-0.25, -0.2) is 9.78 Å². The normalized spacial score (nSPS) is 10.5. The van der Waals surface area contributed by atoms with Crippen LogP contribution in [0.4, 0.5) is 44.8 Å². The van der Waals surface area contributed by atoms with Gasteiger partial charge in [0.25, 0.3) is 0 Å². The first-order chi connectivity index (χ1) is 20.3. The summed E-state index contributed by atoms with van der Waals surface area (Å²) in [7, 11) is 1.59. The van der Waals surface area contributed by atoms with Crippen molar-refractivity contribution in [3.05, 3.63) is 83.2 Å². The summed E-state index contributed by atoms with van der Waals surface area (Å²) in [5.41, 5.74) is 3.53. The predicted octanol–water partition coefficient (Wildman–Crippen LogP) is 6.75. The summed E-state index contributed by atoms with van der Waals surface area (Å²) in [5.74, 6) is 0.899. The van der Waals surface area contributed by atoms with Crippen LogP contribution in [0.15, 0.2) is 78.2 Å². The molecular weight excluding hydrogens is 578 g/mol. The second kappa shape index (κ2) is 12.9. The Balaban J connectivity index is 1.36. The molecule has 0 atom stereocenters. The number of methoxy groups -OCH3 is 1. The van der Waals surface area contributed by atoms with Gasteiger partial charge in [0.1, 0.15) is 5.75 Å². The fourth-order valence-electron chi connectivity index (χ4n) is 3.63. The topological polar surface area (TPSA) is 155 Å². The number of rotatable bonds is 9.